The second kappa shape index (κ2) is 6.89. The third kappa shape index (κ3) is 2.87. The molecule has 5 rings (SSSR count). The van der Waals surface area contributed by atoms with Gasteiger partial charge in [0.05, 0.1) is 33.6 Å². The number of thiophene rings is 1. The fourth-order valence-electron chi connectivity index (χ4n) is 3.37. The molecule has 0 saturated heterocycles. The smallest absolute Gasteiger partial charge is 0.353 e. The number of hydrogen-bond acceptors (Lipinski definition) is 8. The summed E-state index contributed by atoms with van der Waals surface area (Å²) in [4.78, 5) is 30.8. The van der Waals surface area contributed by atoms with Crippen molar-refractivity contribution in [2.45, 2.75) is 13.8 Å². The maximum atomic E-state index is 12.9. The van der Waals surface area contributed by atoms with Crippen LogP contribution in [0.15, 0.2) is 47.5 Å². The molecular formula is C21H15N5O3S. The molecule has 0 aromatic carbocycles. The number of aryl methyl sites for hydroxylation is 2. The van der Waals surface area contributed by atoms with Crippen LogP contribution >= 0.6 is 11.3 Å². The number of aliphatic hydroxyl groups is 1. The normalized spacial score (nSPS) is 12.1. The maximum Gasteiger partial charge on any atom is 0.353 e. The fourth-order valence-corrected chi connectivity index (χ4v) is 4.29. The summed E-state index contributed by atoms with van der Waals surface area (Å²) in [5.74, 6) is 0.828. The van der Waals surface area contributed by atoms with E-state index in [4.69, 9.17) is 4.74 Å². The second-order valence-corrected chi connectivity index (χ2v) is 7.74. The Labute approximate surface area is 173 Å². The summed E-state index contributed by atoms with van der Waals surface area (Å²) in [6.07, 6.45) is 4.17. The lowest BCUT2D eigenvalue weighted by molar-refractivity contribution is 0.443. The van der Waals surface area contributed by atoms with Gasteiger partial charge < -0.3 is 9.84 Å². The summed E-state index contributed by atoms with van der Waals surface area (Å²) in [5, 5.41) is 10.2. The van der Waals surface area contributed by atoms with Crippen LogP contribution in [0.5, 0.6) is 11.8 Å². The van der Waals surface area contributed by atoms with Crippen molar-refractivity contribution >= 4 is 38.8 Å². The standard InChI is InChI=1S/C21H15N5O3S/c1-11-8-17(29-16-5-3-4-12(2)24-16)23-9-14(11)26-13-6-7-22-20-18(13)19(25-21(26)28)15(10-27)30-20/h3-10,27H,1-2H3. The quantitative estimate of drug-likeness (QED) is 0.481. The Morgan fingerprint density at radius 3 is 2.77 bits per heavy atom. The molecule has 0 saturated carbocycles. The fraction of sp³-hybridized carbons (Fsp3) is 0.0952. The van der Waals surface area contributed by atoms with E-state index >= 15 is 0 Å². The van der Waals surface area contributed by atoms with Gasteiger partial charge in [-0.2, -0.15) is 4.98 Å². The predicted octanol–water partition coefficient (Wildman–Crippen LogP) is 3.21. The van der Waals surface area contributed by atoms with Crippen LogP contribution in [0.3, 0.4) is 0 Å². The zero-order chi connectivity index (χ0) is 20.8. The Morgan fingerprint density at radius 1 is 1.13 bits per heavy atom. The lowest BCUT2D eigenvalue weighted by Gasteiger charge is -2.13. The Morgan fingerprint density at radius 2 is 2.00 bits per heavy atom. The summed E-state index contributed by atoms with van der Waals surface area (Å²) in [6.45, 7) is 3.75. The summed E-state index contributed by atoms with van der Waals surface area (Å²) in [7, 11) is 0. The summed E-state index contributed by atoms with van der Waals surface area (Å²) in [6, 6.07) is 9.01. The molecule has 0 amide bonds. The lowest BCUT2D eigenvalue weighted by atomic mass is 10.2. The number of nitrogens with zero attached hydrogens (tertiary/aromatic N) is 5. The molecule has 0 bridgehead atoms. The maximum absolute atomic E-state index is 12.9. The molecule has 0 fully saturated rings. The van der Waals surface area contributed by atoms with E-state index < -0.39 is 5.69 Å². The first kappa shape index (κ1) is 18.2. The van der Waals surface area contributed by atoms with E-state index in [0.717, 1.165) is 22.9 Å². The molecule has 0 atom stereocenters. The van der Waals surface area contributed by atoms with Gasteiger partial charge in [0.15, 0.2) is 0 Å². The molecule has 1 N–H and O–H groups in total. The zero-order valence-corrected chi connectivity index (χ0v) is 16.8. The van der Waals surface area contributed by atoms with Gasteiger partial charge in [-0.25, -0.2) is 19.7 Å². The van der Waals surface area contributed by atoms with Crippen LogP contribution in [0.25, 0.3) is 33.2 Å². The predicted molar refractivity (Wildman–Crippen MR) is 114 cm³/mol. The highest BCUT2D eigenvalue weighted by molar-refractivity contribution is 7.17. The van der Waals surface area contributed by atoms with Crippen molar-refractivity contribution in [2.75, 3.05) is 0 Å². The molecule has 0 aliphatic heterocycles. The van der Waals surface area contributed by atoms with Gasteiger partial charge in [0.25, 0.3) is 0 Å². The Hall–Kier alpha value is -3.85. The van der Waals surface area contributed by atoms with Crippen LogP contribution in [-0.4, -0.2) is 29.6 Å². The molecule has 8 nitrogen and oxygen atoms in total. The van der Waals surface area contributed by atoms with Crippen LogP contribution in [0.4, 0.5) is 0 Å². The summed E-state index contributed by atoms with van der Waals surface area (Å²) < 4.78 is 7.76. The number of rotatable bonds is 3. The van der Waals surface area contributed by atoms with Gasteiger partial charge in [0, 0.05) is 24.0 Å². The largest absolute Gasteiger partial charge is 0.514 e. The molecule has 0 radical (unpaired) electrons. The van der Waals surface area contributed by atoms with Crippen molar-refractivity contribution in [1.29, 1.82) is 0 Å². The zero-order valence-electron chi connectivity index (χ0n) is 16.0. The van der Waals surface area contributed by atoms with Crippen molar-refractivity contribution in [3.05, 3.63) is 69.0 Å². The monoisotopic (exact) mass is 417 g/mol. The minimum absolute atomic E-state index is 0.379. The molecule has 0 spiro atoms. The number of ether oxygens (including phenoxy) is 1. The number of pyridine rings is 3. The molecule has 5 aromatic rings. The molecule has 0 aliphatic carbocycles. The Balaban J connectivity index is 1.67. The minimum atomic E-state index is -0.463. The third-order valence-electron chi connectivity index (χ3n) is 4.70. The molecule has 30 heavy (non-hydrogen) atoms. The summed E-state index contributed by atoms with van der Waals surface area (Å²) >= 11 is 1.28. The minimum Gasteiger partial charge on any atom is -0.514 e. The average molecular weight is 417 g/mol. The Kier molecular flexibility index (Phi) is 4.18. The van der Waals surface area contributed by atoms with Crippen LogP contribution in [-0.2, 0) is 0 Å². The van der Waals surface area contributed by atoms with E-state index in [0.29, 0.717) is 37.8 Å². The van der Waals surface area contributed by atoms with Crippen molar-refractivity contribution in [3.8, 4) is 17.4 Å². The van der Waals surface area contributed by atoms with Crippen molar-refractivity contribution in [3.63, 3.8) is 0 Å². The first-order valence-corrected chi connectivity index (χ1v) is 9.89. The van der Waals surface area contributed by atoms with E-state index in [-0.39, 0.29) is 0 Å². The molecule has 5 heterocycles. The van der Waals surface area contributed by atoms with E-state index in [1.54, 1.807) is 30.6 Å². The second-order valence-electron chi connectivity index (χ2n) is 6.71. The first-order valence-electron chi connectivity index (χ1n) is 9.08. The highest BCUT2D eigenvalue weighted by Crippen LogP contribution is 2.27. The first-order chi connectivity index (χ1) is 14.5. The van der Waals surface area contributed by atoms with Gasteiger partial charge in [-0.3, -0.25) is 4.57 Å². The van der Waals surface area contributed by atoms with Gasteiger partial charge >= 0.3 is 5.69 Å². The van der Waals surface area contributed by atoms with Crippen molar-refractivity contribution < 1.29 is 9.84 Å². The molecular weight excluding hydrogens is 402 g/mol. The van der Waals surface area contributed by atoms with Gasteiger partial charge in [-0.1, -0.05) is 6.07 Å². The summed E-state index contributed by atoms with van der Waals surface area (Å²) in [5.41, 5.74) is 2.85. The topological polar surface area (TPSA) is 103 Å². The number of hydrogen-bond donors (Lipinski definition) is 1. The highest BCUT2D eigenvalue weighted by atomic mass is 32.1. The molecule has 148 valence electrons. The van der Waals surface area contributed by atoms with Crippen LogP contribution < -0.4 is 15.0 Å². The van der Waals surface area contributed by atoms with Gasteiger partial charge in [-0.05, 0) is 31.5 Å². The van der Waals surface area contributed by atoms with Crippen LogP contribution in [0.2, 0.25) is 0 Å². The van der Waals surface area contributed by atoms with Crippen molar-refractivity contribution in [1.82, 2.24) is 24.5 Å². The Bertz CT molecular complexity index is 1540. The molecule has 0 aliphatic rings. The van der Waals surface area contributed by atoms with E-state index in [2.05, 4.69) is 19.9 Å². The number of aromatic nitrogens is 5. The van der Waals surface area contributed by atoms with Gasteiger partial charge in [-0.15, -0.1) is 11.3 Å². The number of aliphatic hydroxyl groups excluding tert-OH is 1. The highest BCUT2D eigenvalue weighted by Gasteiger charge is 2.17. The molecule has 9 heteroatoms. The SMILES string of the molecule is Cc1cccc(Oc2cc(C)c(-n3c(=O)nc4c(=CO)sc5nccc3c54)cn2)n1. The average Bonchev–Trinajstić information content (AvgIpc) is 3.08. The van der Waals surface area contributed by atoms with E-state index in [9.17, 15) is 9.90 Å². The lowest BCUT2D eigenvalue weighted by Crippen LogP contribution is -2.23. The third-order valence-corrected chi connectivity index (χ3v) is 5.72. The molecule has 5 aromatic heterocycles. The molecule has 0 unspecified atom stereocenters. The van der Waals surface area contributed by atoms with Crippen LogP contribution in [0.1, 0.15) is 11.3 Å². The van der Waals surface area contributed by atoms with E-state index in [1.807, 2.05) is 26.0 Å². The van der Waals surface area contributed by atoms with Crippen molar-refractivity contribution in [2.24, 2.45) is 0 Å². The van der Waals surface area contributed by atoms with Gasteiger partial charge in [0.1, 0.15) is 10.3 Å². The van der Waals surface area contributed by atoms with E-state index in [1.165, 1.54) is 15.9 Å². The van der Waals surface area contributed by atoms with Gasteiger partial charge in [0.2, 0.25) is 11.8 Å². The van der Waals surface area contributed by atoms with Crippen LogP contribution in [0, 0.1) is 13.8 Å².